The molecular weight excluding hydrogens is 453 g/mol. The zero-order valence-electron chi connectivity index (χ0n) is 18.6. The summed E-state index contributed by atoms with van der Waals surface area (Å²) in [7, 11) is -3.87. The van der Waals surface area contributed by atoms with Crippen LogP contribution in [-0.4, -0.2) is 36.6 Å². The molecule has 0 aromatic heterocycles. The van der Waals surface area contributed by atoms with Crippen LogP contribution in [0.5, 0.6) is 0 Å². The Kier molecular flexibility index (Phi) is 6.30. The largest absolute Gasteiger partial charge is 0.416 e. The van der Waals surface area contributed by atoms with Crippen LogP contribution < -0.4 is 0 Å². The van der Waals surface area contributed by atoms with Crippen LogP contribution in [0.2, 0.25) is 0 Å². The number of nitrogens with zero attached hydrogens (tertiary/aromatic N) is 2. The van der Waals surface area contributed by atoms with Gasteiger partial charge < -0.3 is 4.90 Å². The van der Waals surface area contributed by atoms with Gasteiger partial charge in [-0.25, -0.2) is 8.42 Å². The second-order valence-electron chi connectivity index (χ2n) is 8.72. The number of carbonyl (C=O) groups excluding carboxylic acids is 1. The van der Waals surface area contributed by atoms with Crippen molar-refractivity contribution in [2.45, 2.75) is 56.8 Å². The summed E-state index contributed by atoms with van der Waals surface area (Å²) in [5, 5.41) is 0. The lowest BCUT2D eigenvalue weighted by Crippen LogP contribution is -2.37. The molecule has 1 saturated carbocycles. The van der Waals surface area contributed by atoms with E-state index in [1.54, 1.807) is 32.0 Å². The Hall–Kier alpha value is -2.39. The van der Waals surface area contributed by atoms with E-state index in [0.29, 0.717) is 25.1 Å². The molecular formula is C24H27F3N2O3S. The third-order valence-corrected chi connectivity index (χ3v) is 8.54. The fourth-order valence-corrected chi connectivity index (χ4v) is 6.05. The van der Waals surface area contributed by atoms with E-state index in [9.17, 15) is 26.4 Å². The molecule has 2 aromatic rings. The first-order chi connectivity index (χ1) is 15.5. The highest BCUT2D eigenvalue weighted by atomic mass is 32.2. The van der Waals surface area contributed by atoms with Crippen molar-refractivity contribution in [2.24, 2.45) is 5.92 Å². The molecule has 0 unspecified atom stereocenters. The predicted molar refractivity (Wildman–Crippen MR) is 118 cm³/mol. The summed E-state index contributed by atoms with van der Waals surface area (Å²) >= 11 is 0. The maximum Gasteiger partial charge on any atom is 0.416 e. The zero-order valence-corrected chi connectivity index (χ0v) is 19.4. The van der Waals surface area contributed by atoms with Gasteiger partial charge in [-0.15, -0.1) is 0 Å². The molecule has 0 radical (unpaired) electrons. The van der Waals surface area contributed by atoms with Crippen molar-refractivity contribution in [3.05, 3.63) is 64.7 Å². The SMILES string of the molecule is CCN([C@@H](C)c1ccc(C(F)(F)F)cc1)S(=O)(=O)c1ccc2c(c1)CCN(C(=O)C1CC1)C2. The number of hydrogen-bond donors (Lipinski definition) is 0. The third-order valence-electron chi connectivity index (χ3n) is 6.50. The summed E-state index contributed by atoms with van der Waals surface area (Å²) in [5.41, 5.74) is 1.58. The van der Waals surface area contributed by atoms with E-state index in [1.807, 2.05) is 4.90 Å². The van der Waals surface area contributed by atoms with Crippen LogP contribution in [-0.2, 0) is 34.0 Å². The maximum atomic E-state index is 13.4. The van der Waals surface area contributed by atoms with Crippen molar-refractivity contribution in [1.82, 2.24) is 9.21 Å². The van der Waals surface area contributed by atoms with Gasteiger partial charge in [0.25, 0.3) is 0 Å². The van der Waals surface area contributed by atoms with Crippen molar-refractivity contribution >= 4 is 15.9 Å². The van der Waals surface area contributed by atoms with Crippen LogP contribution in [0.15, 0.2) is 47.4 Å². The summed E-state index contributed by atoms with van der Waals surface area (Å²) in [6.07, 6.45) is -1.95. The Labute approximate surface area is 192 Å². The standard InChI is InChI=1S/C24H27F3N2O3S/c1-3-29(16(2)17-6-9-21(10-7-17)24(25,26)27)33(31,32)22-11-8-20-15-28(13-12-19(20)14-22)23(30)18-4-5-18/h6-11,14,16,18H,3-5,12-13,15H2,1-2H3/t16-/m0/s1. The lowest BCUT2D eigenvalue weighted by atomic mass is 9.99. The molecule has 4 rings (SSSR count). The second kappa shape index (κ2) is 8.76. The molecule has 1 fully saturated rings. The number of benzene rings is 2. The predicted octanol–water partition coefficient (Wildman–Crippen LogP) is 4.77. The maximum absolute atomic E-state index is 13.4. The van der Waals surface area contributed by atoms with Crippen molar-refractivity contribution in [3.8, 4) is 0 Å². The molecule has 1 aliphatic heterocycles. The van der Waals surface area contributed by atoms with E-state index in [1.165, 1.54) is 16.4 Å². The number of rotatable bonds is 6. The molecule has 0 saturated heterocycles. The van der Waals surface area contributed by atoms with Gasteiger partial charge in [-0.1, -0.05) is 25.1 Å². The first-order valence-corrected chi connectivity index (χ1v) is 12.6. The minimum absolute atomic E-state index is 0.149. The number of sulfonamides is 1. The molecule has 0 bridgehead atoms. The van der Waals surface area contributed by atoms with Crippen LogP contribution >= 0.6 is 0 Å². The quantitative estimate of drug-likeness (QED) is 0.598. The van der Waals surface area contributed by atoms with E-state index in [0.717, 1.165) is 36.1 Å². The number of carbonyl (C=O) groups is 1. The molecule has 2 aromatic carbocycles. The van der Waals surface area contributed by atoms with Gasteiger partial charge in [0.05, 0.1) is 10.5 Å². The Balaban J connectivity index is 1.55. The summed E-state index contributed by atoms with van der Waals surface area (Å²) in [5.74, 6) is 0.330. The molecule has 1 amide bonds. The molecule has 2 aliphatic rings. The molecule has 33 heavy (non-hydrogen) atoms. The number of fused-ring (bicyclic) bond motifs is 1. The highest BCUT2D eigenvalue weighted by Crippen LogP contribution is 2.35. The minimum atomic E-state index is -4.44. The average Bonchev–Trinajstić information content (AvgIpc) is 3.63. The van der Waals surface area contributed by atoms with Gasteiger partial charge in [-0.2, -0.15) is 17.5 Å². The Bertz CT molecular complexity index is 1140. The van der Waals surface area contributed by atoms with E-state index < -0.39 is 27.8 Å². The lowest BCUT2D eigenvalue weighted by molar-refractivity contribution is -0.137. The highest BCUT2D eigenvalue weighted by Gasteiger charge is 2.35. The topological polar surface area (TPSA) is 57.7 Å². The van der Waals surface area contributed by atoms with E-state index in [-0.39, 0.29) is 23.3 Å². The van der Waals surface area contributed by atoms with E-state index in [4.69, 9.17) is 0 Å². The van der Waals surface area contributed by atoms with Crippen molar-refractivity contribution < 1.29 is 26.4 Å². The summed E-state index contributed by atoms with van der Waals surface area (Å²) in [4.78, 5) is 14.4. The Morgan fingerprint density at radius 1 is 1.12 bits per heavy atom. The molecule has 178 valence electrons. The van der Waals surface area contributed by atoms with Crippen molar-refractivity contribution in [3.63, 3.8) is 0 Å². The van der Waals surface area contributed by atoms with Crippen LogP contribution in [0, 0.1) is 5.92 Å². The molecule has 0 spiro atoms. The number of halogens is 3. The van der Waals surface area contributed by atoms with Gasteiger partial charge in [-0.3, -0.25) is 4.79 Å². The van der Waals surface area contributed by atoms with Crippen LogP contribution in [0.4, 0.5) is 13.2 Å². The second-order valence-corrected chi connectivity index (χ2v) is 10.6. The van der Waals surface area contributed by atoms with Gasteiger partial charge in [0, 0.05) is 31.6 Å². The Morgan fingerprint density at radius 2 is 1.79 bits per heavy atom. The normalized spacial score (nSPS) is 17.7. The first-order valence-electron chi connectivity index (χ1n) is 11.1. The lowest BCUT2D eigenvalue weighted by Gasteiger charge is -2.31. The average molecular weight is 481 g/mol. The number of alkyl halides is 3. The molecule has 1 aliphatic carbocycles. The number of amides is 1. The summed E-state index contributed by atoms with van der Waals surface area (Å²) < 4.78 is 66.8. The third kappa shape index (κ3) is 4.80. The molecule has 9 heteroatoms. The zero-order chi connectivity index (χ0) is 24.0. The van der Waals surface area contributed by atoms with Gasteiger partial charge in [0.1, 0.15) is 0 Å². The van der Waals surface area contributed by atoms with Gasteiger partial charge in [0.2, 0.25) is 15.9 Å². The fourth-order valence-electron chi connectivity index (χ4n) is 4.37. The first kappa shape index (κ1) is 23.8. The monoisotopic (exact) mass is 480 g/mol. The molecule has 5 nitrogen and oxygen atoms in total. The summed E-state index contributed by atoms with van der Waals surface area (Å²) in [6.45, 7) is 4.61. The van der Waals surface area contributed by atoms with Crippen LogP contribution in [0.1, 0.15) is 55.0 Å². The van der Waals surface area contributed by atoms with E-state index in [2.05, 4.69) is 0 Å². The highest BCUT2D eigenvalue weighted by molar-refractivity contribution is 7.89. The van der Waals surface area contributed by atoms with Crippen molar-refractivity contribution in [1.29, 1.82) is 0 Å². The van der Waals surface area contributed by atoms with Gasteiger partial charge in [-0.05, 0) is 67.1 Å². The van der Waals surface area contributed by atoms with Crippen LogP contribution in [0.25, 0.3) is 0 Å². The van der Waals surface area contributed by atoms with Gasteiger partial charge in [0.15, 0.2) is 0 Å². The van der Waals surface area contributed by atoms with Gasteiger partial charge >= 0.3 is 6.18 Å². The van der Waals surface area contributed by atoms with E-state index >= 15 is 0 Å². The van der Waals surface area contributed by atoms with Crippen molar-refractivity contribution in [2.75, 3.05) is 13.1 Å². The summed E-state index contributed by atoms with van der Waals surface area (Å²) in [6, 6.07) is 8.96. The fraction of sp³-hybridized carbons (Fsp3) is 0.458. The molecule has 1 atom stereocenters. The minimum Gasteiger partial charge on any atom is -0.338 e. The Morgan fingerprint density at radius 3 is 2.36 bits per heavy atom. The molecule has 0 N–H and O–H groups in total. The smallest absolute Gasteiger partial charge is 0.338 e. The number of hydrogen-bond acceptors (Lipinski definition) is 3. The molecule has 1 heterocycles. The van der Waals surface area contributed by atoms with Crippen LogP contribution in [0.3, 0.4) is 0 Å².